The Labute approximate surface area is 148 Å². The summed E-state index contributed by atoms with van der Waals surface area (Å²) in [5.74, 6) is -0.601. The summed E-state index contributed by atoms with van der Waals surface area (Å²) in [5.41, 5.74) is 7.71. The lowest BCUT2D eigenvalue weighted by molar-refractivity contribution is 0.0934. The van der Waals surface area contributed by atoms with E-state index in [2.05, 4.69) is 15.4 Å². The van der Waals surface area contributed by atoms with E-state index in [1.54, 1.807) is 28.4 Å². The maximum atomic E-state index is 13.3. The summed E-state index contributed by atoms with van der Waals surface area (Å²) in [6.45, 7) is 0.251. The minimum Gasteiger partial charge on any atom is -0.346 e. The minimum atomic E-state index is -0.306. The van der Waals surface area contributed by atoms with Crippen LogP contribution in [0.15, 0.2) is 41.9 Å². The molecule has 1 atom stereocenters. The van der Waals surface area contributed by atoms with Gasteiger partial charge < -0.3 is 11.1 Å². The van der Waals surface area contributed by atoms with Gasteiger partial charge in [0.2, 0.25) is 0 Å². The van der Waals surface area contributed by atoms with E-state index in [1.807, 2.05) is 13.1 Å². The van der Waals surface area contributed by atoms with E-state index in [0.29, 0.717) is 12.1 Å². The van der Waals surface area contributed by atoms with Crippen molar-refractivity contribution in [2.24, 2.45) is 12.8 Å². The van der Waals surface area contributed by atoms with Crippen molar-refractivity contribution < 1.29 is 9.18 Å². The zero-order chi connectivity index (χ0) is 17.8. The highest BCUT2D eigenvalue weighted by Crippen LogP contribution is 2.22. The highest BCUT2D eigenvalue weighted by molar-refractivity contribution is 7.13. The van der Waals surface area contributed by atoms with Crippen molar-refractivity contribution in [2.75, 3.05) is 6.54 Å². The van der Waals surface area contributed by atoms with Crippen LogP contribution in [-0.4, -0.2) is 33.3 Å². The molecule has 3 N–H and O–H groups in total. The summed E-state index contributed by atoms with van der Waals surface area (Å²) < 4.78 is 15.0. The first-order valence-corrected chi connectivity index (χ1v) is 8.64. The number of carbonyl (C=O) groups excluding carboxylic acids is 1. The number of hydrogen-bond donors (Lipinski definition) is 2. The summed E-state index contributed by atoms with van der Waals surface area (Å²) >= 11 is 1.38. The molecular formula is C17H18FN5OS. The molecule has 8 heteroatoms. The number of nitrogens with zero attached hydrogens (tertiary/aromatic N) is 3. The number of nitrogens with two attached hydrogens (primary N) is 1. The standard InChI is InChI=1S/C17H18FN5OS/c1-23-15(5-6-20-23)17-22-14(10-25-17)16(24)21-13(9-19)8-11-3-2-4-12(18)7-11/h2-7,10,13H,8-9,19H2,1H3,(H,21,24)/t13-/m0/s1. The quantitative estimate of drug-likeness (QED) is 0.705. The molecule has 2 heterocycles. The first kappa shape index (κ1) is 17.2. The fourth-order valence-electron chi connectivity index (χ4n) is 2.48. The first-order chi connectivity index (χ1) is 12.1. The molecule has 1 aromatic carbocycles. The van der Waals surface area contributed by atoms with Crippen LogP contribution < -0.4 is 11.1 Å². The van der Waals surface area contributed by atoms with Crippen LogP contribution in [0, 0.1) is 5.82 Å². The lowest BCUT2D eigenvalue weighted by Crippen LogP contribution is -2.41. The van der Waals surface area contributed by atoms with Crippen molar-refractivity contribution >= 4 is 17.2 Å². The van der Waals surface area contributed by atoms with E-state index < -0.39 is 0 Å². The molecule has 0 spiro atoms. The predicted molar refractivity (Wildman–Crippen MR) is 94.7 cm³/mol. The van der Waals surface area contributed by atoms with E-state index in [4.69, 9.17) is 5.73 Å². The van der Waals surface area contributed by atoms with Gasteiger partial charge >= 0.3 is 0 Å². The Balaban J connectivity index is 1.68. The molecule has 0 radical (unpaired) electrons. The number of amides is 1. The number of aryl methyl sites for hydroxylation is 1. The Morgan fingerprint density at radius 2 is 2.28 bits per heavy atom. The summed E-state index contributed by atoms with van der Waals surface area (Å²) in [4.78, 5) is 16.8. The first-order valence-electron chi connectivity index (χ1n) is 7.76. The summed E-state index contributed by atoms with van der Waals surface area (Å²) in [6.07, 6.45) is 2.14. The van der Waals surface area contributed by atoms with Gasteiger partial charge in [0, 0.05) is 31.2 Å². The molecule has 6 nitrogen and oxygen atoms in total. The third kappa shape index (κ3) is 4.09. The van der Waals surface area contributed by atoms with Gasteiger partial charge in [-0.15, -0.1) is 11.3 Å². The Bertz CT molecular complexity index is 875. The molecule has 3 rings (SSSR count). The molecule has 0 aliphatic carbocycles. The molecule has 130 valence electrons. The van der Waals surface area contributed by atoms with Gasteiger partial charge in [-0.2, -0.15) is 5.10 Å². The summed E-state index contributed by atoms with van der Waals surface area (Å²) in [5, 5.41) is 9.38. The largest absolute Gasteiger partial charge is 0.346 e. The van der Waals surface area contributed by atoms with E-state index in [-0.39, 0.29) is 24.3 Å². The zero-order valence-corrected chi connectivity index (χ0v) is 14.5. The molecule has 0 aliphatic heterocycles. The Kier molecular flexibility index (Phi) is 5.20. The highest BCUT2D eigenvalue weighted by Gasteiger charge is 2.17. The van der Waals surface area contributed by atoms with Crippen LogP contribution in [-0.2, 0) is 13.5 Å². The molecule has 0 aliphatic rings. The number of nitrogens with one attached hydrogen (secondary N) is 1. The predicted octanol–water partition coefficient (Wildman–Crippen LogP) is 1.98. The van der Waals surface area contributed by atoms with Crippen LogP contribution >= 0.6 is 11.3 Å². The normalized spacial score (nSPS) is 12.1. The van der Waals surface area contributed by atoms with Gasteiger partial charge in [-0.25, -0.2) is 9.37 Å². The number of hydrogen-bond acceptors (Lipinski definition) is 5. The third-order valence-electron chi connectivity index (χ3n) is 3.77. The van der Waals surface area contributed by atoms with Crippen molar-refractivity contribution in [3.8, 4) is 10.7 Å². The van der Waals surface area contributed by atoms with E-state index in [9.17, 15) is 9.18 Å². The number of carbonyl (C=O) groups is 1. The van der Waals surface area contributed by atoms with Crippen LogP contribution in [0.1, 0.15) is 16.1 Å². The second-order valence-corrected chi connectivity index (χ2v) is 6.48. The molecule has 25 heavy (non-hydrogen) atoms. The molecule has 0 bridgehead atoms. The molecule has 3 aromatic rings. The summed E-state index contributed by atoms with van der Waals surface area (Å²) in [7, 11) is 1.82. The van der Waals surface area contributed by atoms with Gasteiger partial charge in [-0.3, -0.25) is 9.48 Å². The van der Waals surface area contributed by atoms with Crippen molar-refractivity contribution in [2.45, 2.75) is 12.5 Å². The molecule has 0 saturated heterocycles. The lowest BCUT2D eigenvalue weighted by atomic mass is 10.1. The van der Waals surface area contributed by atoms with Crippen LogP contribution in [0.3, 0.4) is 0 Å². The average Bonchev–Trinajstić information content (AvgIpc) is 3.22. The van der Waals surface area contributed by atoms with Gasteiger partial charge in [0.15, 0.2) is 0 Å². The van der Waals surface area contributed by atoms with Gasteiger partial charge in [0.05, 0.1) is 5.69 Å². The number of aromatic nitrogens is 3. The minimum absolute atomic E-state index is 0.251. The molecule has 0 fully saturated rings. The van der Waals surface area contributed by atoms with Crippen LogP contribution in [0.25, 0.3) is 10.7 Å². The lowest BCUT2D eigenvalue weighted by Gasteiger charge is -2.16. The molecule has 1 amide bonds. The maximum absolute atomic E-state index is 13.3. The smallest absolute Gasteiger partial charge is 0.271 e. The van der Waals surface area contributed by atoms with Gasteiger partial charge in [-0.05, 0) is 30.2 Å². The van der Waals surface area contributed by atoms with Crippen LogP contribution in [0.4, 0.5) is 4.39 Å². The van der Waals surface area contributed by atoms with Gasteiger partial charge in [0.25, 0.3) is 5.91 Å². The number of rotatable bonds is 6. The fourth-order valence-corrected chi connectivity index (χ4v) is 3.34. The topological polar surface area (TPSA) is 85.8 Å². The third-order valence-corrected chi connectivity index (χ3v) is 4.63. The van der Waals surface area contributed by atoms with E-state index >= 15 is 0 Å². The van der Waals surface area contributed by atoms with Gasteiger partial charge in [0.1, 0.15) is 16.5 Å². The second kappa shape index (κ2) is 7.54. The SMILES string of the molecule is Cn1nccc1-c1nc(C(=O)N[C@H](CN)Cc2cccc(F)c2)cs1. The van der Waals surface area contributed by atoms with Crippen molar-refractivity contribution in [3.05, 3.63) is 59.0 Å². The zero-order valence-electron chi connectivity index (χ0n) is 13.6. The Morgan fingerprint density at radius 1 is 1.44 bits per heavy atom. The monoisotopic (exact) mass is 359 g/mol. The molecule has 2 aromatic heterocycles. The molecule has 0 unspecified atom stereocenters. The Hall–Kier alpha value is -2.58. The molecular weight excluding hydrogens is 341 g/mol. The van der Waals surface area contributed by atoms with E-state index in [0.717, 1.165) is 16.3 Å². The van der Waals surface area contributed by atoms with Crippen LogP contribution in [0.2, 0.25) is 0 Å². The van der Waals surface area contributed by atoms with E-state index in [1.165, 1.54) is 23.5 Å². The Morgan fingerprint density at radius 3 is 2.96 bits per heavy atom. The number of benzene rings is 1. The van der Waals surface area contributed by atoms with Crippen LogP contribution in [0.5, 0.6) is 0 Å². The number of thiazole rings is 1. The number of halogens is 1. The molecule has 0 saturated carbocycles. The highest BCUT2D eigenvalue weighted by atomic mass is 32.1. The average molecular weight is 359 g/mol. The van der Waals surface area contributed by atoms with Crippen molar-refractivity contribution in [1.82, 2.24) is 20.1 Å². The second-order valence-electron chi connectivity index (χ2n) is 5.62. The fraction of sp³-hybridized carbons (Fsp3) is 0.235. The van der Waals surface area contributed by atoms with Gasteiger partial charge in [-0.1, -0.05) is 12.1 Å². The van der Waals surface area contributed by atoms with Crippen molar-refractivity contribution in [3.63, 3.8) is 0 Å². The maximum Gasteiger partial charge on any atom is 0.271 e. The summed E-state index contributed by atoms with van der Waals surface area (Å²) in [6, 6.07) is 7.82. The van der Waals surface area contributed by atoms with Crippen molar-refractivity contribution in [1.29, 1.82) is 0 Å².